The smallest absolute Gasteiger partial charge is 0.349 e. The first-order chi connectivity index (χ1) is 13.8. The summed E-state index contributed by atoms with van der Waals surface area (Å²) in [6, 6.07) is 12.5. The Morgan fingerprint density at radius 1 is 1.10 bits per heavy atom. The largest absolute Gasteiger partial charge is 0.482 e. The van der Waals surface area contributed by atoms with E-state index in [9.17, 15) is 14.4 Å². The number of carbonyl (C=O) groups is 2. The molecule has 0 atom stereocenters. The molecule has 1 heterocycles. The van der Waals surface area contributed by atoms with Crippen LogP contribution in [0.4, 0.5) is 0 Å². The van der Waals surface area contributed by atoms with E-state index in [4.69, 9.17) is 25.5 Å². The minimum absolute atomic E-state index is 0.0918. The molecule has 0 radical (unpaired) electrons. The van der Waals surface area contributed by atoms with Crippen molar-refractivity contribution in [3.8, 4) is 11.5 Å². The quantitative estimate of drug-likeness (QED) is 0.375. The Hall–Kier alpha value is -3.32. The highest BCUT2D eigenvalue weighted by atomic mass is 35.5. The number of fused-ring (bicyclic) bond motifs is 1. The van der Waals surface area contributed by atoms with Crippen molar-refractivity contribution in [3.05, 3.63) is 69.5 Å². The van der Waals surface area contributed by atoms with E-state index in [1.807, 2.05) is 0 Å². The average Bonchev–Trinajstić information content (AvgIpc) is 2.65. The van der Waals surface area contributed by atoms with Crippen LogP contribution in [0.25, 0.3) is 11.0 Å². The van der Waals surface area contributed by atoms with Gasteiger partial charge in [0.25, 0.3) is 5.91 Å². The summed E-state index contributed by atoms with van der Waals surface area (Å²) in [5.74, 6) is -0.533. The zero-order chi connectivity index (χ0) is 21.0. The highest BCUT2D eigenvalue weighted by Crippen LogP contribution is 2.21. The molecule has 2 aromatic carbocycles. The molecule has 29 heavy (non-hydrogen) atoms. The van der Waals surface area contributed by atoms with Crippen molar-refractivity contribution < 1.29 is 23.5 Å². The summed E-state index contributed by atoms with van der Waals surface area (Å²) in [4.78, 5) is 36.2. The average molecular weight is 416 g/mol. The topological polar surface area (TPSA) is 94.8 Å². The molecule has 0 aliphatic rings. The Labute approximate surface area is 171 Å². The summed E-state index contributed by atoms with van der Waals surface area (Å²) in [7, 11) is 0. The lowest BCUT2D eigenvalue weighted by Crippen LogP contribution is -2.33. The van der Waals surface area contributed by atoms with Crippen LogP contribution in [0, 0.1) is 0 Å². The first kappa shape index (κ1) is 20.4. The van der Waals surface area contributed by atoms with Gasteiger partial charge in [0.2, 0.25) is 0 Å². The molecule has 3 aromatic rings. The second kappa shape index (κ2) is 8.79. The highest BCUT2D eigenvalue weighted by Gasteiger charge is 2.15. The fourth-order valence-electron chi connectivity index (χ4n) is 2.51. The van der Waals surface area contributed by atoms with Gasteiger partial charge in [-0.2, -0.15) is 0 Å². The van der Waals surface area contributed by atoms with Crippen molar-refractivity contribution in [1.29, 1.82) is 0 Å². The number of rotatable bonds is 6. The van der Waals surface area contributed by atoms with Gasteiger partial charge < -0.3 is 19.2 Å². The first-order valence-electron chi connectivity index (χ1n) is 8.79. The molecule has 0 fully saturated rings. The Morgan fingerprint density at radius 3 is 2.62 bits per heavy atom. The lowest BCUT2D eigenvalue weighted by molar-refractivity contribution is -0.136. The van der Waals surface area contributed by atoms with Crippen LogP contribution >= 0.6 is 11.6 Å². The van der Waals surface area contributed by atoms with Crippen molar-refractivity contribution >= 4 is 34.4 Å². The lowest BCUT2D eigenvalue weighted by Gasteiger charge is -2.09. The number of hydrogen-bond donors (Lipinski definition) is 1. The molecule has 1 amide bonds. The van der Waals surface area contributed by atoms with E-state index in [0.717, 1.165) is 0 Å². The van der Waals surface area contributed by atoms with Crippen LogP contribution < -0.4 is 20.4 Å². The molecule has 0 bridgehead atoms. The van der Waals surface area contributed by atoms with E-state index in [1.54, 1.807) is 44.2 Å². The monoisotopic (exact) mass is 415 g/mol. The molecule has 1 aromatic heterocycles. The van der Waals surface area contributed by atoms with Crippen LogP contribution in [0.5, 0.6) is 11.5 Å². The fraction of sp³-hybridized carbons (Fsp3) is 0.190. The van der Waals surface area contributed by atoms with Crippen LogP contribution in [-0.2, 0) is 4.79 Å². The normalized spacial score (nSPS) is 10.8. The van der Waals surface area contributed by atoms with Gasteiger partial charge in [-0.1, -0.05) is 17.7 Å². The third-order valence-electron chi connectivity index (χ3n) is 3.76. The highest BCUT2D eigenvalue weighted by molar-refractivity contribution is 6.30. The van der Waals surface area contributed by atoms with Gasteiger partial charge in [0.15, 0.2) is 6.61 Å². The van der Waals surface area contributed by atoms with Crippen LogP contribution in [0.2, 0.25) is 5.02 Å². The predicted molar refractivity (Wildman–Crippen MR) is 108 cm³/mol. The third-order valence-corrected chi connectivity index (χ3v) is 3.99. The number of benzene rings is 2. The number of halogens is 1. The van der Waals surface area contributed by atoms with Gasteiger partial charge >= 0.3 is 11.6 Å². The summed E-state index contributed by atoms with van der Waals surface area (Å²) < 4.78 is 15.7. The van der Waals surface area contributed by atoms with E-state index in [1.165, 1.54) is 18.2 Å². The van der Waals surface area contributed by atoms with Gasteiger partial charge in [-0.25, -0.2) is 9.59 Å². The number of carbonyl (C=O) groups excluding carboxylic acids is 2. The van der Waals surface area contributed by atoms with Crippen LogP contribution in [-0.4, -0.2) is 24.5 Å². The van der Waals surface area contributed by atoms with E-state index < -0.39 is 17.5 Å². The van der Waals surface area contributed by atoms with Gasteiger partial charge in [-0.3, -0.25) is 4.79 Å². The SMILES string of the molecule is CC(C)NC(=O)c1cc2ccc(OC(=O)COc3cccc(Cl)c3)cc2oc1=O. The molecule has 0 aliphatic carbocycles. The van der Waals surface area contributed by atoms with Gasteiger partial charge in [-0.15, -0.1) is 0 Å². The zero-order valence-electron chi connectivity index (χ0n) is 15.7. The minimum atomic E-state index is -0.775. The molecular formula is C21H18ClNO6. The zero-order valence-corrected chi connectivity index (χ0v) is 16.5. The van der Waals surface area contributed by atoms with Crippen molar-refractivity contribution in [2.24, 2.45) is 0 Å². The van der Waals surface area contributed by atoms with E-state index in [-0.39, 0.29) is 29.5 Å². The Morgan fingerprint density at radius 2 is 1.90 bits per heavy atom. The first-order valence-corrected chi connectivity index (χ1v) is 9.17. The molecule has 0 unspecified atom stereocenters. The summed E-state index contributed by atoms with van der Waals surface area (Å²) in [5.41, 5.74) is -0.675. The number of ether oxygens (including phenoxy) is 2. The summed E-state index contributed by atoms with van der Waals surface area (Å²) >= 11 is 5.86. The maximum Gasteiger partial charge on any atom is 0.349 e. The van der Waals surface area contributed by atoms with Crippen molar-refractivity contribution in [1.82, 2.24) is 5.32 Å². The van der Waals surface area contributed by atoms with Gasteiger partial charge in [0, 0.05) is 22.5 Å². The molecular weight excluding hydrogens is 398 g/mol. The standard InChI is InChI=1S/C21H18ClNO6/c1-12(2)23-20(25)17-8-13-6-7-16(10-18(13)29-21(17)26)28-19(24)11-27-15-5-3-4-14(22)9-15/h3-10,12H,11H2,1-2H3,(H,23,25). The molecule has 8 heteroatoms. The Balaban J connectivity index is 1.71. The predicted octanol–water partition coefficient (Wildman–Crippen LogP) is 3.57. The molecule has 7 nitrogen and oxygen atoms in total. The molecule has 0 saturated carbocycles. The van der Waals surface area contributed by atoms with Gasteiger partial charge in [0.1, 0.15) is 22.6 Å². The fourth-order valence-corrected chi connectivity index (χ4v) is 2.69. The van der Waals surface area contributed by atoms with E-state index in [0.29, 0.717) is 16.2 Å². The number of esters is 1. The minimum Gasteiger partial charge on any atom is -0.482 e. The van der Waals surface area contributed by atoms with Crippen molar-refractivity contribution in [3.63, 3.8) is 0 Å². The summed E-state index contributed by atoms with van der Waals surface area (Å²) in [6.45, 7) is 3.26. The maximum atomic E-state index is 12.1. The molecule has 1 N–H and O–H groups in total. The van der Waals surface area contributed by atoms with Crippen molar-refractivity contribution in [2.75, 3.05) is 6.61 Å². The lowest BCUT2D eigenvalue weighted by atomic mass is 10.1. The Kier molecular flexibility index (Phi) is 6.19. The number of nitrogens with one attached hydrogen (secondary N) is 1. The molecule has 0 spiro atoms. The third kappa shape index (κ3) is 5.36. The molecule has 150 valence electrons. The number of amides is 1. The summed E-state index contributed by atoms with van der Waals surface area (Å²) in [6.07, 6.45) is 0. The summed E-state index contributed by atoms with van der Waals surface area (Å²) in [5, 5.41) is 3.65. The van der Waals surface area contributed by atoms with Crippen LogP contribution in [0.3, 0.4) is 0 Å². The van der Waals surface area contributed by atoms with Crippen LogP contribution in [0.15, 0.2) is 57.7 Å². The molecule has 3 rings (SSSR count). The van der Waals surface area contributed by atoms with E-state index in [2.05, 4.69) is 5.32 Å². The Bertz CT molecular complexity index is 1120. The van der Waals surface area contributed by atoms with Crippen molar-refractivity contribution in [2.45, 2.75) is 19.9 Å². The second-order valence-corrected chi connectivity index (χ2v) is 6.93. The van der Waals surface area contributed by atoms with Gasteiger partial charge in [0.05, 0.1) is 0 Å². The second-order valence-electron chi connectivity index (χ2n) is 6.50. The van der Waals surface area contributed by atoms with E-state index >= 15 is 0 Å². The number of hydrogen-bond acceptors (Lipinski definition) is 6. The van der Waals surface area contributed by atoms with Gasteiger partial charge in [-0.05, 0) is 50.2 Å². The maximum absolute atomic E-state index is 12.1. The molecule has 0 saturated heterocycles. The van der Waals surface area contributed by atoms with Crippen LogP contribution in [0.1, 0.15) is 24.2 Å². The molecule has 0 aliphatic heterocycles.